The Bertz CT molecular complexity index is 385. The van der Waals surface area contributed by atoms with Gasteiger partial charge in [0.25, 0.3) is 0 Å². The molecule has 0 aliphatic rings. The van der Waals surface area contributed by atoms with Gasteiger partial charge < -0.3 is 9.72 Å². The van der Waals surface area contributed by atoms with Gasteiger partial charge in [0.15, 0.2) is 0 Å². The zero-order valence-electron chi connectivity index (χ0n) is 13.8. The summed E-state index contributed by atoms with van der Waals surface area (Å²) in [5, 5.41) is 0. The Morgan fingerprint density at radius 1 is 1.05 bits per heavy atom. The number of aromatic nitrogens is 2. The Labute approximate surface area is 128 Å². The van der Waals surface area contributed by atoms with Crippen LogP contribution in [-0.2, 0) is 28.8 Å². The van der Waals surface area contributed by atoms with Crippen LogP contribution in [0.15, 0.2) is 0 Å². The van der Waals surface area contributed by atoms with Gasteiger partial charge in [-0.25, -0.2) is 4.98 Å². The topological polar surface area (TPSA) is 55.0 Å². The molecule has 1 aromatic heterocycles. The Morgan fingerprint density at radius 3 is 2.33 bits per heavy atom. The minimum atomic E-state index is -0.202. The summed E-state index contributed by atoms with van der Waals surface area (Å²) < 4.78 is 4.99. The predicted molar refractivity (Wildman–Crippen MR) is 85.4 cm³/mol. The third-order valence-corrected chi connectivity index (χ3v) is 3.58. The number of esters is 1. The van der Waals surface area contributed by atoms with E-state index < -0.39 is 0 Å². The van der Waals surface area contributed by atoms with Crippen molar-refractivity contribution >= 4 is 5.97 Å². The summed E-state index contributed by atoms with van der Waals surface area (Å²) in [6.07, 6.45) is 9.54. The Hall–Kier alpha value is -1.32. The van der Waals surface area contributed by atoms with Gasteiger partial charge in [-0.1, -0.05) is 39.5 Å². The van der Waals surface area contributed by atoms with Crippen molar-refractivity contribution in [1.29, 1.82) is 0 Å². The number of ether oxygens (including phenoxy) is 1. The maximum absolute atomic E-state index is 11.6. The average Bonchev–Trinajstić information content (AvgIpc) is 2.82. The van der Waals surface area contributed by atoms with E-state index in [0.29, 0.717) is 6.61 Å². The van der Waals surface area contributed by atoms with E-state index in [4.69, 9.17) is 4.74 Å². The van der Waals surface area contributed by atoms with Crippen LogP contribution in [-0.4, -0.2) is 22.5 Å². The summed E-state index contributed by atoms with van der Waals surface area (Å²) in [4.78, 5) is 19.5. The SMILES string of the molecule is CCCCCc1nc(CC(=O)OCC)[nH]c1CCCCC. The number of hydrogen-bond donors (Lipinski definition) is 1. The molecular weight excluding hydrogens is 264 g/mol. The van der Waals surface area contributed by atoms with Crippen molar-refractivity contribution in [1.82, 2.24) is 9.97 Å². The van der Waals surface area contributed by atoms with Crippen LogP contribution in [0, 0.1) is 0 Å². The van der Waals surface area contributed by atoms with E-state index in [2.05, 4.69) is 23.8 Å². The van der Waals surface area contributed by atoms with Crippen molar-refractivity contribution in [2.24, 2.45) is 0 Å². The van der Waals surface area contributed by atoms with Crippen molar-refractivity contribution < 1.29 is 9.53 Å². The first kappa shape index (κ1) is 17.7. The van der Waals surface area contributed by atoms with E-state index in [0.717, 1.165) is 24.4 Å². The summed E-state index contributed by atoms with van der Waals surface area (Å²) >= 11 is 0. The van der Waals surface area contributed by atoms with Crippen LogP contribution < -0.4 is 0 Å². The zero-order valence-corrected chi connectivity index (χ0v) is 13.8. The molecule has 0 spiro atoms. The molecule has 0 saturated carbocycles. The van der Waals surface area contributed by atoms with Gasteiger partial charge in [-0.15, -0.1) is 0 Å². The minimum Gasteiger partial charge on any atom is -0.466 e. The molecule has 4 nitrogen and oxygen atoms in total. The number of unbranched alkanes of at least 4 members (excludes halogenated alkanes) is 4. The van der Waals surface area contributed by atoms with Crippen LogP contribution in [0.1, 0.15) is 76.5 Å². The molecule has 1 heterocycles. The van der Waals surface area contributed by atoms with E-state index in [1.165, 1.54) is 44.2 Å². The quantitative estimate of drug-likeness (QED) is 0.496. The number of carbonyl (C=O) groups is 1. The van der Waals surface area contributed by atoms with Crippen LogP contribution in [0.25, 0.3) is 0 Å². The molecule has 0 aliphatic carbocycles. The average molecular weight is 294 g/mol. The Kier molecular flexibility index (Phi) is 8.79. The Balaban J connectivity index is 2.66. The van der Waals surface area contributed by atoms with Gasteiger partial charge in [0.05, 0.1) is 12.3 Å². The molecule has 1 aromatic rings. The fourth-order valence-electron chi connectivity index (χ4n) is 2.44. The van der Waals surface area contributed by atoms with Gasteiger partial charge in [-0.3, -0.25) is 4.79 Å². The number of hydrogen-bond acceptors (Lipinski definition) is 3. The van der Waals surface area contributed by atoms with Crippen molar-refractivity contribution in [3.63, 3.8) is 0 Å². The molecule has 120 valence electrons. The highest BCUT2D eigenvalue weighted by molar-refractivity contribution is 5.71. The predicted octanol–water partition coefficient (Wildman–Crippen LogP) is 3.98. The van der Waals surface area contributed by atoms with Crippen molar-refractivity contribution in [2.45, 2.75) is 78.6 Å². The number of rotatable bonds is 11. The summed E-state index contributed by atoms with van der Waals surface area (Å²) in [6, 6.07) is 0. The molecule has 0 atom stereocenters. The van der Waals surface area contributed by atoms with Crippen LogP contribution in [0.3, 0.4) is 0 Å². The zero-order chi connectivity index (χ0) is 15.5. The third-order valence-electron chi connectivity index (χ3n) is 3.58. The highest BCUT2D eigenvalue weighted by Crippen LogP contribution is 2.15. The fraction of sp³-hybridized carbons (Fsp3) is 0.765. The minimum absolute atomic E-state index is 0.202. The summed E-state index contributed by atoms with van der Waals surface area (Å²) in [5.41, 5.74) is 2.37. The highest BCUT2D eigenvalue weighted by atomic mass is 16.5. The monoisotopic (exact) mass is 294 g/mol. The molecule has 0 fully saturated rings. The molecule has 1 rings (SSSR count). The fourth-order valence-corrected chi connectivity index (χ4v) is 2.44. The van der Waals surface area contributed by atoms with E-state index >= 15 is 0 Å². The Morgan fingerprint density at radius 2 is 1.71 bits per heavy atom. The van der Waals surface area contributed by atoms with Crippen molar-refractivity contribution in [3.05, 3.63) is 17.2 Å². The second-order valence-electron chi connectivity index (χ2n) is 5.50. The van der Waals surface area contributed by atoms with Gasteiger partial charge in [0, 0.05) is 5.69 Å². The largest absolute Gasteiger partial charge is 0.466 e. The molecule has 0 aromatic carbocycles. The van der Waals surface area contributed by atoms with Crippen LogP contribution >= 0.6 is 0 Å². The maximum Gasteiger partial charge on any atom is 0.313 e. The maximum atomic E-state index is 11.6. The second kappa shape index (κ2) is 10.4. The van der Waals surface area contributed by atoms with Crippen LogP contribution in [0.5, 0.6) is 0 Å². The summed E-state index contributed by atoms with van der Waals surface area (Å²) in [7, 11) is 0. The van der Waals surface area contributed by atoms with Crippen LogP contribution in [0.4, 0.5) is 0 Å². The lowest BCUT2D eigenvalue weighted by Gasteiger charge is -2.02. The first-order valence-corrected chi connectivity index (χ1v) is 8.43. The standard InChI is InChI=1S/C17H30N2O2/c1-4-7-9-11-14-15(12-10-8-5-2)19-16(18-14)13-17(20)21-6-3/h4-13H2,1-3H3,(H,18,19). The van der Waals surface area contributed by atoms with Crippen molar-refractivity contribution in [3.8, 4) is 0 Å². The summed E-state index contributed by atoms with van der Waals surface area (Å²) in [6.45, 7) is 6.67. The summed E-state index contributed by atoms with van der Waals surface area (Å²) in [5.74, 6) is 0.554. The van der Waals surface area contributed by atoms with Gasteiger partial charge in [-0.2, -0.15) is 0 Å². The van der Waals surface area contributed by atoms with Gasteiger partial charge >= 0.3 is 5.97 Å². The van der Waals surface area contributed by atoms with Crippen molar-refractivity contribution in [2.75, 3.05) is 6.61 Å². The normalized spacial score (nSPS) is 10.8. The molecular formula is C17H30N2O2. The van der Waals surface area contributed by atoms with Gasteiger partial charge in [-0.05, 0) is 32.6 Å². The number of aromatic amines is 1. The lowest BCUT2D eigenvalue weighted by atomic mass is 10.1. The van der Waals surface area contributed by atoms with E-state index in [1.807, 2.05) is 6.92 Å². The second-order valence-corrected chi connectivity index (χ2v) is 5.50. The molecule has 4 heteroatoms. The molecule has 21 heavy (non-hydrogen) atoms. The van der Waals surface area contributed by atoms with E-state index in [1.54, 1.807) is 0 Å². The lowest BCUT2D eigenvalue weighted by molar-refractivity contribution is -0.142. The number of imidazole rings is 1. The number of nitrogens with zero attached hydrogens (tertiary/aromatic N) is 1. The molecule has 1 N–H and O–H groups in total. The first-order chi connectivity index (χ1) is 10.2. The molecule has 0 unspecified atom stereocenters. The smallest absolute Gasteiger partial charge is 0.313 e. The van der Waals surface area contributed by atoms with E-state index in [9.17, 15) is 4.79 Å². The molecule has 0 aliphatic heterocycles. The van der Waals surface area contributed by atoms with E-state index in [-0.39, 0.29) is 12.4 Å². The number of aryl methyl sites for hydroxylation is 2. The molecule has 0 amide bonds. The van der Waals surface area contributed by atoms with Gasteiger partial charge in [0.2, 0.25) is 0 Å². The first-order valence-electron chi connectivity index (χ1n) is 8.43. The highest BCUT2D eigenvalue weighted by Gasteiger charge is 2.13. The van der Waals surface area contributed by atoms with Crippen LogP contribution in [0.2, 0.25) is 0 Å². The molecule has 0 bridgehead atoms. The van der Waals surface area contributed by atoms with Gasteiger partial charge in [0.1, 0.15) is 12.2 Å². The molecule has 0 radical (unpaired) electrons. The molecule has 0 saturated heterocycles. The number of carbonyl (C=O) groups excluding carboxylic acids is 1. The number of H-pyrrole nitrogens is 1. The number of nitrogens with one attached hydrogen (secondary N) is 1. The third kappa shape index (κ3) is 6.78. The lowest BCUT2D eigenvalue weighted by Crippen LogP contribution is -2.08.